The van der Waals surface area contributed by atoms with E-state index >= 15 is 0 Å². The number of hydrogen-bond donors (Lipinski definition) is 4. The predicted octanol–water partition coefficient (Wildman–Crippen LogP) is 6.52. The van der Waals surface area contributed by atoms with E-state index in [1.54, 1.807) is 11.0 Å². The number of aliphatic carboxylic acids is 2. The summed E-state index contributed by atoms with van der Waals surface area (Å²) in [5.41, 5.74) is 3.60. The molecule has 5 rings (SSSR count). The number of fused-ring (bicyclic) bond motifs is 1. The third kappa shape index (κ3) is 12.1. The van der Waals surface area contributed by atoms with Crippen LogP contribution in [-0.4, -0.2) is 84.5 Å². The van der Waals surface area contributed by atoms with Crippen molar-refractivity contribution >= 4 is 28.7 Å². The molecule has 0 bridgehead atoms. The number of aliphatic hydroxyl groups is 2. The largest absolute Gasteiger partial charge is 0.479 e. The number of nitrogens with zero attached hydrogens (tertiary/aromatic N) is 3. The molecule has 1 heterocycles. The number of amides is 1. The van der Waals surface area contributed by atoms with Gasteiger partial charge in [0.05, 0.1) is 11.1 Å². The van der Waals surface area contributed by atoms with Crippen LogP contribution in [0.5, 0.6) is 0 Å². The molecule has 0 fully saturated rings. The molecule has 5 aromatic rings. The second-order valence-corrected chi connectivity index (χ2v) is 13.9. The van der Waals surface area contributed by atoms with E-state index in [-0.39, 0.29) is 42.8 Å². The Morgan fingerprint density at radius 3 is 1.82 bits per heavy atom. The maximum absolute atomic E-state index is 14.6. The van der Waals surface area contributed by atoms with E-state index in [0.29, 0.717) is 35.2 Å². The van der Waals surface area contributed by atoms with E-state index in [1.807, 2.05) is 47.9 Å². The van der Waals surface area contributed by atoms with Crippen molar-refractivity contribution in [2.45, 2.75) is 71.6 Å². The molecule has 0 saturated carbocycles. The minimum atomic E-state index is -4.41. The van der Waals surface area contributed by atoms with Gasteiger partial charge in [0.1, 0.15) is 6.54 Å². The van der Waals surface area contributed by atoms with Gasteiger partial charge in [-0.2, -0.15) is 13.2 Å². The molecular formula is C44H46F5N3O8. The number of carboxylic acids is 2. The third-order valence-corrected chi connectivity index (χ3v) is 9.95. The van der Waals surface area contributed by atoms with Crippen molar-refractivity contribution in [1.82, 2.24) is 14.4 Å². The quantitative estimate of drug-likeness (QED) is 0.0812. The fraction of sp³-hybridized carbons (Fsp3) is 0.318. The Labute approximate surface area is 342 Å². The van der Waals surface area contributed by atoms with Crippen LogP contribution in [0.15, 0.2) is 95.8 Å². The van der Waals surface area contributed by atoms with Crippen LogP contribution in [-0.2, 0) is 53.0 Å². The maximum atomic E-state index is 14.6. The molecule has 0 spiro atoms. The molecule has 11 nitrogen and oxygen atoms in total. The monoisotopic (exact) mass is 839 g/mol. The number of likely N-dealkylation sites (N-methyl/N-ethyl adjacent to an activating group) is 1. The Hall–Kier alpha value is -5.97. The van der Waals surface area contributed by atoms with Crippen molar-refractivity contribution in [1.29, 1.82) is 0 Å². The summed E-state index contributed by atoms with van der Waals surface area (Å²) in [5.74, 6) is -5.61. The molecular weight excluding hydrogens is 793 g/mol. The van der Waals surface area contributed by atoms with Crippen molar-refractivity contribution < 1.29 is 56.8 Å². The average Bonchev–Trinajstić information content (AvgIpc) is 3.23. The molecule has 60 heavy (non-hydrogen) atoms. The molecule has 16 heteroatoms. The summed E-state index contributed by atoms with van der Waals surface area (Å²) in [6.07, 6.45) is -8.61. The van der Waals surface area contributed by atoms with Gasteiger partial charge < -0.3 is 29.9 Å². The highest BCUT2D eigenvalue weighted by atomic mass is 19.4. The maximum Gasteiger partial charge on any atom is 0.416 e. The highest BCUT2D eigenvalue weighted by molar-refractivity contribution is 5.84. The minimum absolute atomic E-state index is 0.0794. The summed E-state index contributed by atoms with van der Waals surface area (Å²) in [6.45, 7) is 8.97. The lowest BCUT2D eigenvalue weighted by molar-refractivity contribution is -0.165. The van der Waals surface area contributed by atoms with Crippen LogP contribution >= 0.6 is 0 Å². The number of aliphatic hydroxyl groups excluding tert-OH is 2. The molecule has 0 radical (unpaired) electrons. The molecule has 4 aromatic carbocycles. The molecule has 1 amide bonds. The number of halogens is 5. The molecule has 0 saturated heterocycles. The Bertz CT molecular complexity index is 2310. The zero-order valence-corrected chi connectivity index (χ0v) is 33.1. The first-order valence-electron chi connectivity index (χ1n) is 19.0. The molecule has 1 aromatic heterocycles. The summed E-state index contributed by atoms with van der Waals surface area (Å²) in [5, 5.41) is 33.0. The van der Waals surface area contributed by atoms with Crippen molar-refractivity contribution in [2.24, 2.45) is 0 Å². The fourth-order valence-corrected chi connectivity index (χ4v) is 6.43. The SMILES string of the molecule is CCN(CC)Cc1ccc2c(=O)cc(CCc3cccc(F)c3F)n(CC(=O)N(CC)Cc3ccc(-c4ccc(C(F)(F)F)cc4)cc3)c2c1.O=C(O)C(O)C(O)C(=O)O. The van der Waals surface area contributed by atoms with Gasteiger partial charge in [-0.05, 0) is 91.0 Å². The summed E-state index contributed by atoms with van der Waals surface area (Å²) >= 11 is 0. The summed E-state index contributed by atoms with van der Waals surface area (Å²) in [4.78, 5) is 50.8. The van der Waals surface area contributed by atoms with Crippen LogP contribution < -0.4 is 5.43 Å². The lowest BCUT2D eigenvalue weighted by Gasteiger charge is -2.25. The van der Waals surface area contributed by atoms with Gasteiger partial charge in [0.15, 0.2) is 29.3 Å². The highest BCUT2D eigenvalue weighted by Gasteiger charge is 2.30. The van der Waals surface area contributed by atoms with Crippen molar-refractivity contribution in [3.8, 4) is 11.1 Å². The number of rotatable bonds is 16. The van der Waals surface area contributed by atoms with Crippen LogP contribution in [0.1, 0.15) is 48.7 Å². The van der Waals surface area contributed by atoms with Crippen molar-refractivity contribution in [2.75, 3.05) is 19.6 Å². The lowest BCUT2D eigenvalue weighted by atomic mass is 10.0. The third-order valence-electron chi connectivity index (χ3n) is 9.95. The van der Waals surface area contributed by atoms with Gasteiger partial charge in [0.2, 0.25) is 5.91 Å². The highest BCUT2D eigenvalue weighted by Crippen LogP contribution is 2.31. The van der Waals surface area contributed by atoms with E-state index in [2.05, 4.69) is 18.7 Å². The molecule has 2 unspecified atom stereocenters. The molecule has 2 atom stereocenters. The zero-order valence-electron chi connectivity index (χ0n) is 33.1. The topological polar surface area (TPSA) is 161 Å². The smallest absolute Gasteiger partial charge is 0.416 e. The zero-order chi connectivity index (χ0) is 44.3. The average molecular weight is 840 g/mol. The number of carboxylic acid groups (broad SMARTS) is 2. The number of hydrogen-bond acceptors (Lipinski definition) is 7. The Morgan fingerprint density at radius 2 is 1.28 bits per heavy atom. The molecule has 0 aliphatic heterocycles. The van der Waals surface area contributed by atoms with Gasteiger partial charge in [0, 0.05) is 36.8 Å². The number of pyridine rings is 1. The first-order valence-corrected chi connectivity index (χ1v) is 19.0. The first-order chi connectivity index (χ1) is 28.4. The minimum Gasteiger partial charge on any atom is -0.479 e. The number of carbonyl (C=O) groups excluding carboxylic acids is 1. The van der Waals surface area contributed by atoms with Crippen LogP contribution in [0.25, 0.3) is 22.0 Å². The number of aromatic nitrogens is 1. The van der Waals surface area contributed by atoms with E-state index in [9.17, 15) is 41.1 Å². The van der Waals surface area contributed by atoms with Crippen LogP contribution in [0.2, 0.25) is 0 Å². The van der Waals surface area contributed by atoms with Gasteiger partial charge in [-0.1, -0.05) is 68.4 Å². The summed E-state index contributed by atoms with van der Waals surface area (Å²) < 4.78 is 69.4. The van der Waals surface area contributed by atoms with Gasteiger partial charge in [-0.3, -0.25) is 14.5 Å². The molecule has 0 aliphatic carbocycles. The first kappa shape index (κ1) is 46.7. The summed E-state index contributed by atoms with van der Waals surface area (Å²) in [7, 11) is 0. The Morgan fingerprint density at radius 1 is 0.717 bits per heavy atom. The standard InChI is InChI=1S/C40H40F5N3O2.C4H6O6/c1-4-46(5-2)24-28-12-21-34-36(22-28)48(33(23-37(34)49)20-17-31-8-7-9-35(41)39(31)42)26-38(50)47(6-3)25-27-10-13-29(14-11-27)30-15-18-32(19-16-30)40(43,44)45;5-1(3(7)8)2(6)4(9)10/h7-16,18-19,21-23H,4-6,17,20,24-26H2,1-3H3;1-2,5-6H,(H,7,8)(H,9,10). The Balaban J connectivity index is 0.000000703. The van der Waals surface area contributed by atoms with Gasteiger partial charge >= 0.3 is 18.1 Å². The second-order valence-electron chi connectivity index (χ2n) is 13.9. The van der Waals surface area contributed by atoms with Gasteiger partial charge in [-0.25, -0.2) is 18.4 Å². The van der Waals surface area contributed by atoms with Crippen LogP contribution in [0.4, 0.5) is 22.0 Å². The second kappa shape index (κ2) is 20.8. The number of benzene rings is 4. The van der Waals surface area contributed by atoms with Crippen molar-refractivity contribution in [3.63, 3.8) is 0 Å². The van der Waals surface area contributed by atoms with Crippen LogP contribution in [0.3, 0.4) is 0 Å². The summed E-state index contributed by atoms with van der Waals surface area (Å²) in [6, 6.07) is 23.4. The van der Waals surface area contributed by atoms with E-state index in [4.69, 9.17) is 20.4 Å². The molecule has 320 valence electrons. The number of carbonyl (C=O) groups is 3. The lowest BCUT2D eigenvalue weighted by Crippen LogP contribution is -2.39. The fourth-order valence-electron chi connectivity index (χ4n) is 6.43. The van der Waals surface area contributed by atoms with Gasteiger partial charge in [0.25, 0.3) is 0 Å². The number of alkyl halides is 3. The number of aryl methyl sites for hydroxylation is 2. The Kier molecular flexibility index (Phi) is 16.2. The van der Waals surface area contributed by atoms with Crippen LogP contribution in [0, 0.1) is 11.6 Å². The van der Waals surface area contributed by atoms with Crippen molar-refractivity contribution in [3.05, 3.63) is 141 Å². The normalized spacial score (nSPS) is 12.4. The predicted molar refractivity (Wildman–Crippen MR) is 214 cm³/mol. The molecule has 0 aliphatic rings. The van der Waals surface area contributed by atoms with Gasteiger partial charge in [-0.15, -0.1) is 0 Å². The molecule has 4 N–H and O–H groups in total. The van der Waals surface area contributed by atoms with E-state index in [1.165, 1.54) is 30.3 Å². The van der Waals surface area contributed by atoms with E-state index in [0.717, 1.165) is 48.0 Å². The van der Waals surface area contributed by atoms with E-state index < -0.39 is 47.5 Å².